The van der Waals surface area contributed by atoms with E-state index in [1.54, 1.807) is 19.1 Å². The lowest BCUT2D eigenvalue weighted by Gasteiger charge is -2.13. The highest BCUT2D eigenvalue weighted by molar-refractivity contribution is 7.90. The van der Waals surface area contributed by atoms with Gasteiger partial charge < -0.3 is 22.6 Å². The molecular formula is C19H18ClN5O5S2. The Morgan fingerprint density at radius 2 is 1.81 bits per heavy atom. The number of anilines is 1. The first-order chi connectivity index (χ1) is 14.9. The summed E-state index contributed by atoms with van der Waals surface area (Å²) in [6.07, 6.45) is 2.91. The van der Waals surface area contributed by atoms with Crippen LogP contribution in [0.1, 0.15) is 11.1 Å². The van der Waals surface area contributed by atoms with Crippen molar-refractivity contribution < 1.29 is 18.1 Å². The van der Waals surface area contributed by atoms with Crippen LogP contribution in [-0.4, -0.2) is 43.4 Å². The molecule has 0 atom stereocenters. The van der Waals surface area contributed by atoms with Crippen molar-refractivity contribution in [2.24, 2.45) is 4.40 Å². The molecule has 10 nitrogen and oxygen atoms in total. The Labute approximate surface area is 193 Å². The van der Waals surface area contributed by atoms with Crippen LogP contribution in [0.3, 0.4) is 0 Å². The van der Waals surface area contributed by atoms with Crippen LogP contribution in [0.4, 0.5) is 5.69 Å². The number of pyridine rings is 1. The number of aryl methyl sites for hydroxylation is 1. The van der Waals surface area contributed by atoms with E-state index < -0.39 is 38.6 Å². The molecule has 0 fully saturated rings. The fourth-order valence-electron chi connectivity index (χ4n) is 2.76. The van der Waals surface area contributed by atoms with Crippen LogP contribution in [-0.2, 0) is 22.7 Å². The maximum absolute atomic E-state index is 13.2. The van der Waals surface area contributed by atoms with E-state index in [0.29, 0.717) is 10.6 Å². The fraction of sp³-hybridized carbons (Fsp3) is 0.158. The van der Waals surface area contributed by atoms with Crippen molar-refractivity contribution in [1.29, 1.82) is 0 Å². The molecule has 32 heavy (non-hydrogen) atoms. The van der Waals surface area contributed by atoms with Crippen molar-refractivity contribution in [2.45, 2.75) is 16.7 Å². The summed E-state index contributed by atoms with van der Waals surface area (Å²) in [6.45, 7) is 1.61. The minimum absolute atomic E-state index is 0.0590. The highest BCUT2D eigenvalue weighted by Crippen LogP contribution is 2.26. The number of nitrogens with zero attached hydrogens (tertiary/aromatic N) is 3. The second-order valence-electron chi connectivity index (χ2n) is 6.93. The quantitative estimate of drug-likeness (QED) is 0.209. The highest BCUT2D eigenvalue weighted by atomic mass is 35.5. The molecule has 0 spiro atoms. The molecule has 3 aromatic rings. The van der Waals surface area contributed by atoms with Crippen LogP contribution in [0.2, 0.25) is 5.02 Å². The lowest BCUT2D eigenvalue weighted by molar-refractivity contribution is -0.554. The number of halogens is 1. The van der Waals surface area contributed by atoms with Crippen molar-refractivity contribution in [3.05, 3.63) is 73.6 Å². The first-order valence-corrected chi connectivity index (χ1v) is 11.2. The third-order valence-electron chi connectivity index (χ3n) is 4.43. The molecule has 0 saturated heterocycles. The van der Waals surface area contributed by atoms with Gasteiger partial charge in [0.2, 0.25) is 5.88 Å². The molecule has 0 aliphatic rings. The molecule has 3 N–H and O–H groups in total. The van der Waals surface area contributed by atoms with Gasteiger partial charge in [-0.05, 0) is 18.6 Å². The molecule has 0 amide bonds. The van der Waals surface area contributed by atoms with E-state index in [0.717, 1.165) is 5.69 Å². The van der Waals surface area contributed by atoms with Gasteiger partial charge in [0, 0.05) is 36.9 Å². The van der Waals surface area contributed by atoms with E-state index in [1.165, 1.54) is 29.1 Å². The highest BCUT2D eigenvalue weighted by Gasteiger charge is 2.31. The van der Waals surface area contributed by atoms with E-state index >= 15 is 0 Å². The summed E-state index contributed by atoms with van der Waals surface area (Å²) >= 11 is 11.2. The monoisotopic (exact) mass is 495 g/mol. The van der Waals surface area contributed by atoms with E-state index in [2.05, 4.69) is 4.40 Å². The van der Waals surface area contributed by atoms with Gasteiger partial charge >= 0.3 is 21.5 Å². The second-order valence-corrected chi connectivity index (χ2v) is 9.35. The lowest BCUT2D eigenvalue weighted by Crippen LogP contribution is -2.47. The molecule has 168 valence electrons. The maximum atomic E-state index is 13.2. The Hall–Kier alpha value is -3.22. The summed E-state index contributed by atoms with van der Waals surface area (Å²) in [5.74, 6) is -1.30. The third-order valence-corrected chi connectivity index (χ3v) is 6.61. The first-order valence-electron chi connectivity index (χ1n) is 8.98. The van der Waals surface area contributed by atoms with Gasteiger partial charge in [-0.1, -0.05) is 17.7 Å². The summed E-state index contributed by atoms with van der Waals surface area (Å²) in [5, 5.41) is 10.5. The summed E-state index contributed by atoms with van der Waals surface area (Å²) in [6, 6.07) is 5.88. The van der Waals surface area contributed by atoms with Gasteiger partial charge in [-0.15, -0.1) is 0 Å². The normalized spacial score (nSPS) is 12.1. The van der Waals surface area contributed by atoms with E-state index in [1.807, 2.05) is 29.0 Å². The second kappa shape index (κ2) is 8.73. The van der Waals surface area contributed by atoms with Crippen LogP contribution in [0, 0.1) is 6.92 Å². The minimum Gasteiger partial charge on any atom is -0.778 e. The summed E-state index contributed by atoms with van der Waals surface area (Å²) in [5.41, 5.74) is -1.30. The molecule has 2 heterocycles. The Kier molecular flexibility index (Phi) is 6.39. The van der Waals surface area contributed by atoms with Gasteiger partial charge in [-0.3, -0.25) is 14.8 Å². The van der Waals surface area contributed by atoms with E-state index in [9.17, 15) is 23.1 Å². The van der Waals surface area contributed by atoms with Crippen molar-refractivity contribution in [3.8, 4) is 5.88 Å². The van der Waals surface area contributed by atoms with Crippen molar-refractivity contribution in [3.63, 3.8) is 0 Å². The zero-order valence-electron chi connectivity index (χ0n) is 17.1. The van der Waals surface area contributed by atoms with Crippen molar-refractivity contribution in [2.75, 3.05) is 19.0 Å². The van der Waals surface area contributed by atoms with Gasteiger partial charge in [0.05, 0.1) is 21.7 Å². The Morgan fingerprint density at radius 1 is 1.19 bits per heavy atom. The number of aromatic hydroxyl groups is 1. The molecule has 2 aromatic heterocycles. The van der Waals surface area contributed by atoms with Crippen LogP contribution >= 0.6 is 11.6 Å². The topological polar surface area (TPSA) is 140 Å². The van der Waals surface area contributed by atoms with Crippen LogP contribution in [0.5, 0.6) is 5.88 Å². The molecular weight excluding hydrogens is 478 g/mol. The van der Waals surface area contributed by atoms with E-state index in [4.69, 9.17) is 24.2 Å². The molecule has 0 bridgehead atoms. The SMILES string of the molecule is Cc1cc(S(=O)(=O)/N=C(/c2c(O)[nH]c(=O)[nH]c2=O)[n+]2ccc(N(C)C)cc2)c([S-])cc1Cl. The Bertz CT molecular complexity index is 1440. The molecule has 1 aromatic carbocycles. The number of H-pyrrole nitrogens is 2. The zero-order valence-corrected chi connectivity index (χ0v) is 19.5. The minimum atomic E-state index is -4.46. The molecule has 0 saturated carbocycles. The Morgan fingerprint density at radius 3 is 2.38 bits per heavy atom. The maximum Gasteiger partial charge on any atom is 0.368 e. The van der Waals surface area contributed by atoms with Gasteiger partial charge in [-0.2, -0.15) is 13.3 Å². The van der Waals surface area contributed by atoms with E-state index in [-0.39, 0.29) is 9.79 Å². The molecule has 0 aliphatic heterocycles. The number of sulfonamides is 1. The number of aromatic amines is 2. The molecule has 0 radical (unpaired) electrons. The average molecular weight is 496 g/mol. The number of benzene rings is 1. The summed E-state index contributed by atoms with van der Waals surface area (Å²) in [4.78, 5) is 29.4. The van der Waals surface area contributed by atoms with Crippen LogP contribution < -0.4 is 20.7 Å². The lowest BCUT2D eigenvalue weighted by atomic mass is 10.2. The van der Waals surface area contributed by atoms with Gasteiger partial charge in [0.15, 0.2) is 5.56 Å². The van der Waals surface area contributed by atoms with Crippen molar-refractivity contribution in [1.82, 2.24) is 9.97 Å². The number of hydrogen-bond donors (Lipinski definition) is 3. The fourth-order valence-corrected chi connectivity index (χ4v) is 4.63. The predicted octanol–water partition coefficient (Wildman–Crippen LogP) is 0.674. The summed E-state index contributed by atoms with van der Waals surface area (Å²) in [7, 11) is -0.836. The number of aromatic nitrogens is 3. The van der Waals surface area contributed by atoms with Gasteiger partial charge in [0.1, 0.15) is 0 Å². The number of hydrogen-bond acceptors (Lipinski definition) is 7. The number of rotatable bonds is 4. The average Bonchev–Trinajstić information content (AvgIpc) is 2.69. The Balaban J connectivity index is 2.33. The zero-order chi connectivity index (χ0) is 23.8. The molecule has 3 rings (SSSR count). The van der Waals surface area contributed by atoms with Gasteiger partial charge in [0.25, 0.3) is 5.56 Å². The standard InChI is InChI=1S/C19H18ClN5O5S2/c1-10-8-14(13(31)9-12(10)20)32(29,30)23-16(15-17(26)21-19(28)22-18(15)27)25-6-4-11(5-7-25)24(2)3/h4-9H,1-3H3,(H3-,21,22,23,26,27,28,31). The predicted molar refractivity (Wildman–Crippen MR) is 121 cm³/mol. The third kappa shape index (κ3) is 4.66. The molecule has 13 heteroatoms. The molecule has 0 aliphatic carbocycles. The van der Waals surface area contributed by atoms with Crippen LogP contribution in [0.15, 0.2) is 60.4 Å². The smallest absolute Gasteiger partial charge is 0.368 e. The summed E-state index contributed by atoms with van der Waals surface area (Å²) < 4.78 is 31.3. The van der Waals surface area contributed by atoms with Crippen LogP contribution in [0.25, 0.3) is 0 Å². The first kappa shape index (κ1) is 23.4. The van der Waals surface area contributed by atoms with Crippen molar-refractivity contribution >= 4 is 45.8 Å². The van der Waals surface area contributed by atoms with Gasteiger partial charge in [-0.25, -0.2) is 9.36 Å². The largest absolute Gasteiger partial charge is 0.778 e. The molecule has 0 unspecified atom stereocenters. The number of nitrogens with one attached hydrogen (secondary N) is 2.